The molecule has 0 radical (unpaired) electrons. The van der Waals surface area contributed by atoms with Gasteiger partial charge in [0.25, 0.3) is 5.91 Å². The molecule has 2 aliphatic heterocycles. The van der Waals surface area contributed by atoms with Gasteiger partial charge >= 0.3 is 0 Å². The molecule has 1 amide bonds. The van der Waals surface area contributed by atoms with E-state index in [1.807, 2.05) is 62.4 Å². The van der Waals surface area contributed by atoms with Crippen molar-refractivity contribution in [1.29, 1.82) is 0 Å². The van der Waals surface area contributed by atoms with Crippen molar-refractivity contribution in [1.82, 2.24) is 5.16 Å². The fourth-order valence-corrected chi connectivity index (χ4v) is 4.19. The third kappa shape index (κ3) is 3.94. The van der Waals surface area contributed by atoms with Gasteiger partial charge in [0.15, 0.2) is 16.7 Å². The molecular formula is C23H19N3O4S. The van der Waals surface area contributed by atoms with Crippen molar-refractivity contribution < 1.29 is 18.8 Å². The van der Waals surface area contributed by atoms with Crippen LogP contribution in [0.2, 0.25) is 0 Å². The number of benzene rings is 2. The number of anilines is 1. The zero-order valence-electron chi connectivity index (χ0n) is 17.0. The third-order valence-corrected chi connectivity index (χ3v) is 5.82. The maximum Gasteiger partial charge on any atom is 0.283 e. The molecule has 3 aromatic rings. The van der Waals surface area contributed by atoms with E-state index in [4.69, 9.17) is 14.0 Å². The molecule has 0 atom stereocenters. The summed E-state index contributed by atoms with van der Waals surface area (Å²) in [5.74, 6) is 2.47. The first-order valence-corrected chi connectivity index (χ1v) is 10.7. The predicted molar refractivity (Wildman–Crippen MR) is 119 cm³/mol. The number of hydrogen-bond acceptors (Lipinski definition) is 7. The van der Waals surface area contributed by atoms with E-state index >= 15 is 0 Å². The number of ether oxygens (including phenoxy) is 2. The minimum atomic E-state index is -0.180. The normalized spacial score (nSPS) is 16.3. The Hall–Kier alpha value is -3.52. The van der Waals surface area contributed by atoms with Gasteiger partial charge in [0, 0.05) is 11.8 Å². The summed E-state index contributed by atoms with van der Waals surface area (Å²) in [6.45, 7) is 4.07. The second-order valence-electron chi connectivity index (χ2n) is 7.23. The lowest BCUT2D eigenvalue weighted by atomic mass is 10.1. The molecule has 0 N–H and O–H groups in total. The van der Waals surface area contributed by atoms with Gasteiger partial charge in [-0.3, -0.25) is 9.69 Å². The highest BCUT2D eigenvalue weighted by molar-refractivity contribution is 8.13. The molecule has 8 heteroatoms. The van der Waals surface area contributed by atoms with Crippen LogP contribution in [0.25, 0.3) is 6.08 Å². The zero-order valence-corrected chi connectivity index (χ0v) is 17.8. The molecule has 2 aliphatic rings. The number of thioether (sulfide) groups is 1. The van der Waals surface area contributed by atoms with Crippen LogP contribution in [0.1, 0.15) is 22.6 Å². The molecule has 0 saturated heterocycles. The van der Waals surface area contributed by atoms with Crippen LogP contribution in [0.3, 0.4) is 0 Å². The number of rotatable bonds is 4. The molecule has 31 heavy (non-hydrogen) atoms. The van der Waals surface area contributed by atoms with Crippen molar-refractivity contribution >= 4 is 34.6 Å². The van der Waals surface area contributed by atoms with Gasteiger partial charge in [-0.15, -0.1) is 0 Å². The van der Waals surface area contributed by atoms with Crippen molar-refractivity contribution in [3.05, 3.63) is 76.8 Å². The summed E-state index contributed by atoms with van der Waals surface area (Å²) in [5, 5.41) is 4.63. The van der Waals surface area contributed by atoms with Crippen molar-refractivity contribution in [2.24, 2.45) is 4.99 Å². The summed E-state index contributed by atoms with van der Waals surface area (Å²) in [6.07, 6.45) is 1.76. The van der Waals surface area contributed by atoms with Crippen LogP contribution in [0.5, 0.6) is 11.5 Å². The van der Waals surface area contributed by atoms with Crippen LogP contribution in [-0.2, 0) is 10.5 Å². The first-order valence-electron chi connectivity index (χ1n) is 9.73. The number of amidine groups is 1. The van der Waals surface area contributed by atoms with E-state index in [-0.39, 0.29) is 12.7 Å². The molecule has 2 aromatic carbocycles. The van der Waals surface area contributed by atoms with Gasteiger partial charge in [0.1, 0.15) is 11.5 Å². The van der Waals surface area contributed by atoms with E-state index < -0.39 is 0 Å². The molecule has 1 aromatic heterocycles. The second-order valence-corrected chi connectivity index (χ2v) is 8.17. The van der Waals surface area contributed by atoms with Crippen LogP contribution >= 0.6 is 11.8 Å². The number of aryl methyl sites for hydroxylation is 2. The molecule has 0 unspecified atom stereocenters. The Kier molecular flexibility index (Phi) is 4.99. The van der Waals surface area contributed by atoms with Gasteiger partial charge in [-0.2, -0.15) is 0 Å². The Morgan fingerprint density at radius 2 is 1.87 bits per heavy atom. The van der Waals surface area contributed by atoms with Crippen molar-refractivity contribution in [2.45, 2.75) is 19.6 Å². The number of aliphatic imine (C=N–C) groups is 1. The number of amides is 1. The number of carbonyl (C=O) groups is 1. The molecule has 156 valence electrons. The van der Waals surface area contributed by atoms with Gasteiger partial charge in [0.2, 0.25) is 6.79 Å². The summed E-state index contributed by atoms with van der Waals surface area (Å²) in [6, 6.07) is 15.2. The Labute approximate surface area is 183 Å². The molecule has 0 bridgehead atoms. The average Bonchev–Trinajstić information content (AvgIpc) is 3.47. The zero-order chi connectivity index (χ0) is 21.4. The molecule has 0 saturated carbocycles. The van der Waals surface area contributed by atoms with Crippen molar-refractivity contribution in [3.8, 4) is 11.5 Å². The smallest absolute Gasteiger partial charge is 0.283 e. The number of fused-ring (bicyclic) bond motifs is 1. The van der Waals surface area contributed by atoms with Gasteiger partial charge in [0.05, 0.1) is 11.4 Å². The van der Waals surface area contributed by atoms with E-state index in [9.17, 15) is 4.79 Å². The van der Waals surface area contributed by atoms with E-state index in [0.717, 1.165) is 28.3 Å². The summed E-state index contributed by atoms with van der Waals surface area (Å²) in [4.78, 5) is 19.6. The number of aromatic nitrogens is 1. The third-order valence-electron chi connectivity index (χ3n) is 4.85. The van der Waals surface area contributed by atoms with E-state index in [2.05, 4.69) is 10.1 Å². The van der Waals surface area contributed by atoms with Crippen LogP contribution in [0.4, 0.5) is 5.69 Å². The topological polar surface area (TPSA) is 77.2 Å². The Bertz CT molecular complexity index is 1210. The molecule has 5 rings (SSSR count). The SMILES string of the molecule is Cc1ccc(N2C(=O)C(=Cc3ccc4c(c3)OCO4)N=C2SCc2cc(C)on2)cc1. The number of hydrogen-bond donors (Lipinski definition) is 0. The first kappa shape index (κ1) is 19.4. The highest BCUT2D eigenvalue weighted by atomic mass is 32.2. The maximum atomic E-state index is 13.3. The van der Waals surface area contributed by atoms with Gasteiger partial charge < -0.3 is 14.0 Å². The number of carbonyl (C=O) groups excluding carboxylic acids is 1. The summed E-state index contributed by atoms with van der Waals surface area (Å²) in [7, 11) is 0. The fraction of sp³-hybridized carbons (Fsp3) is 0.174. The van der Waals surface area contributed by atoms with Gasteiger partial charge in [-0.25, -0.2) is 4.99 Å². The van der Waals surface area contributed by atoms with E-state index in [1.165, 1.54) is 11.8 Å². The van der Waals surface area contributed by atoms with Gasteiger partial charge in [-0.05, 0) is 49.8 Å². The minimum Gasteiger partial charge on any atom is -0.454 e. The molecule has 0 spiro atoms. The second kappa shape index (κ2) is 7.96. The predicted octanol–water partition coefficient (Wildman–Crippen LogP) is 4.70. The largest absolute Gasteiger partial charge is 0.454 e. The van der Waals surface area contributed by atoms with E-state index in [0.29, 0.717) is 28.1 Å². The van der Waals surface area contributed by atoms with Crippen molar-refractivity contribution in [3.63, 3.8) is 0 Å². The monoisotopic (exact) mass is 433 g/mol. The fourth-order valence-electron chi connectivity index (χ4n) is 3.30. The Morgan fingerprint density at radius 3 is 2.65 bits per heavy atom. The maximum absolute atomic E-state index is 13.3. The summed E-state index contributed by atoms with van der Waals surface area (Å²) >= 11 is 1.44. The molecule has 7 nitrogen and oxygen atoms in total. The lowest BCUT2D eigenvalue weighted by molar-refractivity contribution is -0.113. The van der Waals surface area contributed by atoms with Crippen LogP contribution in [0, 0.1) is 13.8 Å². The van der Waals surface area contributed by atoms with Crippen LogP contribution in [0.15, 0.2) is 63.7 Å². The summed E-state index contributed by atoms with van der Waals surface area (Å²) in [5.41, 5.74) is 3.87. The number of nitrogens with zero attached hydrogens (tertiary/aromatic N) is 3. The standard InChI is InChI=1S/C23H19N3O4S/c1-14-3-6-18(7-4-14)26-22(27)19(10-16-5-8-20-21(11-16)29-13-28-20)24-23(26)31-12-17-9-15(2)30-25-17/h3-11H,12-13H2,1-2H3. The molecule has 3 heterocycles. The highest BCUT2D eigenvalue weighted by Gasteiger charge is 2.32. The van der Waals surface area contributed by atoms with Crippen LogP contribution in [-0.4, -0.2) is 23.0 Å². The molecule has 0 aliphatic carbocycles. The summed E-state index contributed by atoms with van der Waals surface area (Å²) < 4.78 is 15.9. The average molecular weight is 433 g/mol. The molecule has 0 fully saturated rings. The minimum absolute atomic E-state index is 0.180. The van der Waals surface area contributed by atoms with Crippen LogP contribution < -0.4 is 14.4 Å². The van der Waals surface area contributed by atoms with Gasteiger partial charge in [-0.1, -0.05) is 40.7 Å². The van der Waals surface area contributed by atoms with Crippen molar-refractivity contribution in [2.75, 3.05) is 11.7 Å². The molecular weight excluding hydrogens is 414 g/mol. The lowest BCUT2D eigenvalue weighted by Gasteiger charge is -2.17. The Balaban J connectivity index is 1.47. The first-order chi connectivity index (χ1) is 15.1. The lowest BCUT2D eigenvalue weighted by Crippen LogP contribution is -2.30. The Morgan fingerprint density at radius 1 is 1.06 bits per heavy atom. The quantitative estimate of drug-likeness (QED) is 0.555. The highest BCUT2D eigenvalue weighted by Crippen LogP contribution is 2.35. The van der Waals surface area contributed by atoms with E-state index in [1.54, 1.807) is 11.0 Å².